The number of anilines is 1. The molecule has 0 aliphatic heterocycles. The molecule has 31 heavy (non-hydrogen) atoms. The number of hydrogen-bond donors (Lipinski definition) is 1. The topological polar surface area (TPSA) is 66.5 Å². The molecule has 0 radical (unpaired) electrons. The molecular formula is C21H16Cl3IN2O3S. The van der Waals surface area contributed by atoms with Crippen molar-refractivity contribution >= 4 is 79.0 Å². The quantitative estimate of drug-likeness (QED) is 0.330. The van der Waals surface area contributed by atoms with E-state index in [1.165, 1.54) is 30.3 Å². The molecule has 5 nitrogen and oxygen atoms in total. The monoisotopic (exact) mass is 608 g/mol. The number of rotatable bonds is 7. The first-order chi connectivity index (χ1) is 14.6. The molecule has 3 aromatic carbocycles. The lowest BCUT2D eigenvalue weighted by Gasteiger charge is -2.22. The molecule has 0 fully saturated rings. The SMILES string of the molecule is O=C(CN(Cc1ccc(Cl)cc1Cl)S(=O)(=O)c1ccc(Cl)cc1)Nc1ccc(I)cc1. The second-order valence-corrected chi connectivity index (χ2v) is 11.0. The zero-order valence-corrected chi connectivity index (χ0v) is 21.1. The van der Waals surface area contributed by atoms with Crippen LogP contribution in [0.2, 0.25) is 15.1 Å². The van der Waals surface area contributed by atoms with Crippen LogP contribution in [0.25, 0.3) is 0 Å². The Morgan fingerprint density at radius 2 is 1.52 bits per heavy atom. The van der Waals surface area contributed by atoms with Crippen LogP contribution in [0.15, 0.2) is 71.6 Å². The van der Waals surface area contributed by atoms with Crippen LogP contribution < -0.4 is 5.32 Å². The van der Waals surface area contributed by atoms with Gasteiger partial charge in [-0.25, -0.2) is 8.42 Å². The van der Waals surface area contributed by atoms with Crippen LogP contribution in [-0.2, 0) is 21.4 Å². The minimum absolute atomic E-state index is 0.0176. The van der Waals surface area contributed by atoms with Crippen molar-refractivity contribution in [2.45, 2.75) is 11.4 Å². The lowest BCUT2D eigenvalue weighted by molar-refractivity contribution is -0.116. The summed E-state index contributed by atoms with van der Waals surface area (Å²) in [5, 5.41) is 3.86. The highest BCUT2D eigenvalue weighted by molar-refractivity contribution is 14.1. The van der Waals surface area contributed by atoms with Crippen LogP contribution in [0.5, 0.6) is 0 Å². The number of nitrogens with one attached hydrogen (secondary N) is 1. The Morgan fingerprint density at radius 1 is 0.903 bits per heavy atom. The number of carbonyl (C=O) groups excluding carboxylic acids is 1. The predicted octanol–water partition coefficient (Wildman–Crippen LogP) is 6.08. The maximum Gasteiger partial charge on any atom is 0.243 e. The van der Waals surface area contributed by atoms with Crippen LogP contribution in [0, 0.1) is 3.57 Å². The second kappa shape index (κ2) is 10.5. The Balaban J connectivity index is 1.90. The van der Waals surface area contributed by atoms with Crippen LogP contribution in [0.4, 0.5) is 5.69 Å². The van der Waals surface area contributed by atoms with Gasteiger partial charge in [-0.3, -0.25) is 4.79 Å². The predicted molar refractivity (Wildman–Crippen MR) is 133 cm³/mol. The third-order valence-corrected chi connectivity index (χ3v) is 7.63. The van der Waals surface area contributed by atoms with Gasteiger partial charge in [-0.05, 0) is 88.8 Å². The normalized spacial score (nSPS) is 11.5. The molecular weight excluding hydrogens is 594 g/mol. The third-order valence-electron chi connectivity index (χ3n) is 4.26. The molecule has 162 valence electrons. The van der Waals surface area contributed by atoms with E-state index in [1.807, 2.05) is 12.1 Å². The van der Waals surface area contributed by atoms with Crippen LogP contribution in [0.1, 0.15) is 5.56 Å². The van der Waals surface area contributed by atoms with E-state index in [-0.39, 0.29) is 11.4 Å². The minimum atomic E-state index is -4.02. The average molecular weight is 610 g/mol. The number of carbonyl (C=O) groups is 1. The van der Waals surface area contributed by atoms with Crippen molar-refractivity contribution in [2.24, 2.45) is 0 Å². The summed E-state index contributed by atoms with van der Waals surface area (Å²) in [6.07, 6.45) is 0. The van der Waals surface area contributed by atoms with Gasteiger partial charge in [0.1, 0.15) is 0 Å². The first-order valence-electron chi connectivity index (χ1n) is 8.90. The van der Waals surface area contributed by atoms with Crippen molar-refractivity contribution in [3.63, 3.8) is 0 Å². The van der Waals surface area contributed by atoms with E-state index < -0.39 is 22.5 Å². The summed E-state index contributed by atoms with van der Waals surface area (Å²) >= 11 is 20.2. The van der Waals surface area contributed by atoms with Crippen LogP contribution in [-0.4, -0.2) is 25.2 Å². The fourth-order valence-electron chi connectivity index (χ4n) is 2.72. The van der Waals surface area contributed by atoms with Gasteiger partial charge in [-0.1, -0.05) is 40.9 Å². The van der Waals surface area contributed by atoms with Crippen molar-refractivity contribution in [1.82, 2.24) is 4.31 Å². The van der Waals surface area contributed by atoms with Gasteiger partial charge in [-0.2, -0.15) is 4.31 Å². The molecule has 0 bridgehead atoms. The van der Waals surface area contributed by atoms with Gasteiger partial charge in [0.05, 0.1) is 11.4 Å². The number of nitrogens with zero attached hydrogens (tertiary/aromatic N) is 1. The first-order valence-corrected chi connectivity index (χ1v) is 12.6. The Labute approximate surface area is 209 Å². The third kappa shape index (κ3) is 6.57. The Hall–Kier alpha value is -1.36. The number of sulfonamides is 1. The highest BCUT2D eigenvalue weighted by Gasteiger charge is 2.27. The highest BCUT2D eigenvalue weighted by Crippen LogP contribution is 2.26. The molecule has 10 heteroatoms. The molecule has 1 N–H and O–H groups in total. The van der Waals surface area contributed by atoms with E-state index in [1.54, 1.807) is 24.3 Å². The Morgan fingerprint density at radius 3 is 2.13 bits per heavy atom. The molecule has 0 spiro atoms. The molecule has 0 atom stereocenters. The molecule has 0 saturated heterocycles. The number of amides is 1. The van der Waals surface area contributed by atoms with E-state index in [9.17, 15) is 13.2 Å². The van der Waals surface area contributed by atoms with Gasteiger partial charge >= 0.3 is 0 Å². The molecule has 0 saturated carbocycles. The molecule has 3 aromatic rings. The summed E-state index contributed by atoms with van der Waals surface area (Å²) in [6, 6.07) is 17.7. The average Bonchev–Trinajstić information content (AvgIpc) is 2.71. The van der Waals surface area contributed by atoms with Crippen molar-refractivity contribution in [3.05, 3.63) is 90.9 Å². The van der Waals surface area contributed by atoms with Crippen molar-refractivity contribution in [3.8, 4) is 0 Å². The molecule has 1 amide bonds. The fourth-order valence-corrected chi connectivity index (χ4v) is 5.04. The largest absolute Gasteiger partial charge is 0.325 e. The van der Waals surface area contributed by atoms with Gasteiger partial charge in [-0.15, -0.1) is 0 Å². The van der Waals surface area contributed by atoms with Gasteiger partial charge in [0.15, 0.2) is 0 Å². The van der Waals surface area contributed by atoms with E-state index in [0.717, 1.165) is 7.88 Å². The van der Waals surface area contributed by atoms with Crippen molar-refractivity contribution in [2.75, 3.05) is 11.9 Å². The highest BCUT2D eigenvalue weighted by atomic mass is 127. The summed E-state index contributed by atoms with van der Waals surface area (Å²) in [7, 11) is -4.02. The van der Waals surface area contributed by atoms with E-state index in [4.69, 9.17) is 34.8 Å². The number of halogens is 4. The maximum atomic E-state index is 13.3. The lowest BCUT2D eigenvalue weighted by Crippen LogP contribution is -2.37. The molecule has 0 aliphatic carbocycles. The van der Waals surface area contributed by atoms with E-state index in [0.29, 0.717) is 26.3 Å². The maximum absolute atomic E-state index is 13.3. The van der Waals surface area contributed by atoms with Crippen LogP contribution >= 0.6 is 57.4 Å². The minimum Gasteiger partial charge on any atom is -0.325 e. The zero-order chi connectivity index (χ0) is 22.6. The zero-order valence-electron chi connectivity index (χ0n) is 15.9. The molecule has 0 aliphatic rings. The fraction of sp³-hybridized carbons (Fsp3) is 0.0952. The summed E-state index contributed by atoms with van der Waals surface area (Å²) in [5.41, 5.74) is 1.09. The van der Waals surface area contributed by atoms with Gasteiger partial charge in [0.25, 0.3) is 0 Å². The van der Waals surface area contributed by atoms with Crippen molar-refractivity contribution < 1.29 is 13.2 Å². The first kappa shape index (κ1) is 24.3. The number of benzene rings is 3. The smallest absolute Gasteiger partial charge is 0.243 e. The summed E-state index contributed by atoms with van der Waals surface area (Å²) in [4.78, 5) is 12.7. The van der Waals surface area contributed by atoms with Crippen molar-refractivity contribution in [1.29, 1.82) is 0 Å². The lowest BCUT2D eigenvalue weighted by atomic mass is 10.2. The molecule has 0 heterocycles. The Kier molecular flexibility index (Phi) is 8.23. The Bertz CT molecular complexity index is 1190. The van der Waals surface area contributed by atoms with E-state index in [2.05, 4.69) is 27.9 Å². The van der Waals surface area contributed by atoms with Crippen LogP contribution in [0.3, 0.4) is 0 Å². The van der Waals surface area contributed by atoms with E-state index >= 15 is 0 Å². The summed E-state index contributed by atoms with van der Waals surface area (Å²) in [6.45, 7) is -0.517. The summed E-state index contributed by atoms with van der Waals surface area (Å²) in [5.74, 6) is -0.483. The molecule has 0 unspecified atom stereocenters. The standard InChI is InChI=1S/C21H16Cl3IN2O3S/c22-15-3-9-19(10-4-15)31(29,30)27(12-14-1-2-16(23)11-20(14)24)13-21(28)26-18-7-5-17(25)6-8-18/h1-11H,12-13H2,(H,26,28). The van der Waals surface area contributed by atoms with Gasteiger partial charge in [0.2, 0.25) is 15.9 Å². The van der Waals surface area contributed by atoms with Gasteiger partial charge < -0.3 is 5.32 Å². The molecule has 0 aromatic heterocycles. The second-order valence-electron chi connectivity index (χ2n) is 6.52. The van der Waals surface area contributed by atoms with Gasteiger partial charge in [0, 0.05) is 30.9 Å². The number of hydrogen-bond acceptors (Lipinski definition) is 3. The molecule has 3 rings (SSSR count). The summed E-state index contributed by atoms with van der Waals surface area (Å²) < 4.78 is 28.7.